The van der Waals surface area contributed by atoms with Crippen LogP contribution >= 0.6 is 11.8 Å². The summed E-state index contributed by atoms with van der Waals surface area (Å²) in [5.74, 6) is 3.29. The molecule has 0 saturated carbocycles. The van der Waals surface area contributed by atoms with Crippen LogP contribution in [-0.4, -0.2) is 42.2 Å². The van der Waals surface area contributed by atoms with Crippen molar-refractivity contribution in [3.8, 4) is 11.5 Å². The van der Waals surface area contributed by atoms with Gasteiger partial charge in [-0.15, -0.1) is 0 Å². The molecule has 2 aliphatic rings. The zero-order chi connectivity index (χ0) is 13.2. The monoisotopic (exact) mass is 280 g/mol. The normalized spacial score (nSPS) is 18.2. The van der Waals surface area contributed by atoms with Gasteiger partial charge in [0.1, 0.15) is 0 Å². The van der Waals surface area contributed by atoms with Gasteiger partial charge in [0.2, 0.25) is 6.79 Å². The van der Waals surface area contributed by atoms with Gasteiger partial charge in [-0.05, 0) is 18.2 Å². The van der Waals surface area contributed by atoms with Gasteiger partial charge in [0.05, 0.1) is 5.56 Å². The lowest BCUT2D eigenvalue weighted by Crippen LogP contribution is -2.33. The molecule has 0 unspecified atom stereocenters. The minimum atomic E-state index is -0.0155. The van der Waals surface area contributed by atoms with Crippen molar-refractivity contribution in [2.45, 2.75) is 6.42 Å². The van der Waals surface area contributed by atoms with Crippen molar-refractivity contribution in [2.24, 2.45) is 0 Å². The second kappa shape index (κ2) is 5.21. The highest BCUT2D eigenvalue weighted by molar-refractivity contribution is 7.99. The molecule has 1 fully saturated rings. The lowest BCUT2D eigenvalue weighted by Gasteiger charge is -2.21. The van der Waals surface area contributed by atoms with Crippen LogP contribution < -0.4 is 15.2 Å². The number of rotatable bonds is 1. The predicted molar refractivity (Wildman–Crippen MR) is 74.8 cm³/mol. The Bertz CT molecular complexity index is 499. The molecule has 19 heavy (non-hydrogen) atoms. The van der Waals surface area contributed by atoms with Crippen molar-refractivity contribution in [1.29, 1.82) is 0 Å². The summed E-state index contributed by atoms with van der Waals surface area (Å²) in [6.45, 7) is 1.75. The number of thioether (sulfide) groups is 1. The molecule has 1 aromatic rings. The summed E-state index contributed by atoms with van der Waals surface area (Å²) in [6, 6.07) is 3.36. The van der Waals surface area contributed by atoms with Gasteiger partial charge in [-0.2, -0.15) is 11.8 Å². The minimum absolute atomic E-state index is 0.0155. The lowest BCUT2D eigenvalue weighted by molar-refractivity contribution is 0.0769. The van der Waals surface area contributed by atoms with E-state index in [1.807, 2.05) is 16.7 Å². The molecule has 2 aliphatic heterocycles. The number of carbonyl (C=O) groups is 1. The van der Waals surface area contributed by atoms with Crippen molar-refractivity contribution < 1.29 is 14.3 Å². The van der Waals surface area contributed by atoms with E-state index in [-0.39, 0.29) is 12.7 Å². The number of hydrogen-bond acceptors (Lipinski definition) is 5. The number of anilines is 1. The molecule has 3 rings (SSSR count). The molecule has 0 spiro atoms. The third-order valence-corrected chi connectivity index (χ3v) is 4.33. The average Bonchev–Trinajstić information content (AvgIpc) is 2.69. The first-order chi connectivity index (χ1) is 9.25. The SMILES string of the molecule is Nc1cc2c(cc1C(=O)N1CCCSCC1)OCO2. The molecular weight excluding hydrogens is 264 g/mol. The van der Waals surface area contributed by atoms with E-state index in [0.717, 1.165) is 31.0 Å². The number of hydrogen-bond donors (Lipinski definition) is 1. The highest BCUT2D eigenvalue weighted by Crippen LogP contribution is 2.36. The molecule has 0 aromatic heterocycles. The first-order valence-corrected chi connectivity index (χ1v) is 7.47. The van der Waals surface area contributed by atoms with Crippen molar-refractivity contribution in [2.75, 3.05) is 37.1 Å². The van der Waals surface area contributed by atoms with Gasteiger partial charge in [-0.25, -0.2) is 0 Å². The molecule has 6 heteroatoms. The van der Waals surface area contributed by atoms with Gasteiger partial charge >= 0.3 is 0 Å². The van der Waals surface area contributed by atoms with Crippen molar-refractivity contribution in [3.05, 3.63) is 17.7 Å². The molecule has 0 radical (unpaired) electrons. The zero-order valence-corrected chi connectivity index (χ0v) is 11.4. The Kier molecular flexibility index (Phi) is 3.42. The summed E-state index contributed by atoms with van der Waals surface area (Å²) in [4.78, 5) is 14.4. The molecule has 1 amide bonds. The van der Waals surface area contributed by atoms with Crippen molar-refractivity contribution in [3.63, 3.8) is 0 Å². The highest BCUT2D eigenvalue weighted by atomic mass is 32.2. The fourth-order valence-electron chi connectivity index (χ4n) is 2.26. The van der Waals surface area contributed by atoms with Crippen LogP contribution in [0.2, 0.25) is 0 Å². The first-order valence-electron chi connectivity index (χ1n) is 6.32. The van der Waals surface area contributed by atoms with Crippen LogP contribution in [0.3, 0.4) is 0 Å². The van der Waals surface area contributed by atoms with Crippen LogP contribution in [0.1, 0.15) is 16.8 Å². The molecule has 1 aromatic carbocycles. The van der Waals surface area contributed by atoms with Crippen LogP contribution in [0.25, 0.3) is 0 Å². The van der Waals surface area contributed by atoms with E-state index in [1.54, 1.807) is 12.1 Å². The first kappa shape index (κ1) is 12.5. The Hall–Kier alpha value is -1.56. The average molecular weight is 280 g/mol. The molecule has 0 aliphatic carbocycles. The lowest BCUT2D eigenvalue weighted by atomic mass is 10.1. The standard InChI is InChI=1S/C13H16N2O3S/c14-10-7-12-11(17-8-18-12)6-9(10)13(16)15-2-1-4-19-5-3-15/h6-7H,1-5,8,14H2. The highest BCUT2D eigenvalue weighted by Gasteiger charge is 2.23. The Balaban J connectivity index is 1.86. The topological polar surface area (TPSA) is 64.8 Å². The number of ether oxygens (including phenoxy) is 2. The van der Waals surface area contributed by atoms with E-state index >= 15 is 0 Å². The van der Waals surface area contributed by atoms with E-state index in [4.69, 9.17) is 15.2 Å². The molecule has 2 N–H and O–H groups in total. The summed E-state index contributed by atoms with van der Waals surface area (Å²) in [5, 5.41) is 0. The predicted octanol–water partition coefficient (Wildman–Crippen LogP) is 1.58. The van der Waals surface area contributed by atoms with E-state index < -0.39 is 0 Å². The fourth-order valence-corrected chi connectivity index (χ4v) is 3.15. The van der Waals surface area contributed by atoms with Gasteiger partial charge in [0.15, 0.2) is 11.5 Å². The number of nitrogen functional groups attached to an aromatic ring is 1. The van der Waals surface area contributed by atoms with Crippen LogP contribution in [0.15, 0.2) is 12.1 Å². The maximum absolute atomic E-state index is 12.5. The molecule has 0 atom stereocenters. The molecular formula is C13H16N2O3S. The largest absolute Gasteiger partial charge is 0.454 e. The smallest absolute Gasteiger partial charge is 0.256 e. The van der Waals surface area contributed by atoms with Crippen LogP contribution in [-0.2, 0) is 0 Å². The summed E-state index contributed by atoms with van der Waals surface area (Å²) < 4.78 is 10.6. The molecule has 102 valence electrons. The van der Waals surface area contributed by atoms with E-state index in [9.17, 15) is 4.79 Å². The van der Waals surface area contributed by atoms with Crippen molar-refractivity contribution in [1.82, 2.24) is 4.90 Å². The van der Waals surface area contributed by atoms with Gasteiger partial charge in [-0.1, -0.05) is 0 Å². The van der Waals surface area contributed by atoms with Crippen LogP contribution in [0.4, 0.5) is 5.69 Å². The zero-order valence-electron chi connectivity index (χ0n) is 10.6. The molecule has 1 saturated heterocycles. The molecule has 5 nitrogen and oxygen atoms in total. The van der Waals surface area contributed by atoms with Crippen molar-refractivity contribution >= 4 is 23.4 Å². The maximum atomic E-state index is 12.5. The summed E-state index contributed by atoms with van der Waals surface area (Å²) in [6.07, 6.45) is 1.03. The number of nitrogens with zero attached hydrogens (tertiary/aromatic N) is 1. The second-order valence-corrected chi connectivity index (χ2v) is 5.78. The Morgan fingerprint density at radius 1 is 1.21 bits per heavy atom. The number of fused-ring (bicyclic) bond motifs is 1. The fraction of sp³-hybridized carbons (Fsp3) is 0.462. The summed E-state index contributed by atoms with van der Waals surface area (Å²) in [5.41, 5.74) is 6.91. The Morgan fingerprint density at radius 3 is 2.84 bits per heavy atom. The second-order valence-electron chi connectivity index (χ2n) is 4.55. The molecule has 2 heterocycles. The Labute approximate surface area is 116 Å². The number of nitrogens with two attached hydrogens (primary N) is 1. The summed E-state index contributed by atoms with van der Waals surface area (Å²) >= 11 is 1.89. The van der Waals surface area contributed by atoms with E-state index in [0.29, 0.717) is 22.7 Å². The quantitative estimate of drug-likeness (QED) is 0.791. The maximum Gasteiger partial charge on any atom is 0.256 e. The summed E-state index contributed by atoms with van der Waals surface area (Å²) in [7, 11) is 0. The van der Waals surface area contributed by atoms with Gasteiger partial charge in [0, 0.05) is 30.6 Å². The number of amides is 1. The third-order valence-electron chi connectivity index (χ3n) is 3.28. The number of benzene rings is 1. The minimum Gasteiger partial charge on any atom is -0.454 e. The van der Waals surface area contributed by atoms with Crippen LogP contribution in [0, 0.1) is 0 Å². The Morgan fingerprint density at radius 2 is 2.00 bits per heavy atom. The van der Waals surface area contributed by atoms with Gasteiger partial charge in [-0.3, -0.25) is 4.79 Å². The third kappa shape index (κ3) is 2.45. The van der Waals surface area contributed by atoms with E-state index in [2.05, 4.69) is 0 Å². The van der Waals surface area contributed by atoms with Gasteiger partial charge in [0.25, 0.3) is 5.91 Å². The van der Waals surface area contributed by atoms with E-state index in [1.165, 1.54) is 0 Å². The number of carbonyl (C=O) groups excluding carboxylic acids is 1. The molecule has 0 bridgehead atoms. The van der Waals surface area contributed by atoms with Crippen LogP contribution in [0.5, 0.6) is 11.5 Å². The van der Waals surface area contributed by atoms with Gasteiger partial charge < -0.3 is 20.1 Å².